The largest absolute Gasteiger partial charge is 0.331 e. The van der Waals surface area contributed by atoms with Crippen LogP contribution < -0.4 is 11.2 Å². The summed E-state index contributed by atoms with van der Waals surface area (Å²) < 4.78 is 4.40. The molecule has 2 heterocycles. The van der Waals surface area contributed by atoms with E-state index in [1.165, 1.54) is 21.4 Å². The van der Waals surface area contributed by atoms with E-state index in [2.05, 4.69) is 5.10 Å². The molecule has 96 valence electrons. The van der Waals surface area contributed by atoms with Gasteiger partial charge in [0, 0.05) is 25.9 Å². The van der Waals surface area contributed by atoms with E-state index in [1.807, 2.05) is 19.9 Å². The minimum atomic E-state index is -0.316. The third-order valence-corrected chi connectivity index (χ3v) is 2.84. The number of rotatable bonds is 3. The van der Waals surface area contributed by atoms with Gasteiger partial charge >= 0.3 is 5.69 Å². The predicted octanol–water partition coefficient (Wildman–Crippen LogP) is 0.120. The highest BCUT2D eigenvalue weighted by molar-refractivity contribution is 5.09. The zero-order chi connectivity index (χ0) is 13.3. The molecule has 2 aromatic rings. The lowest BCUT2D eigenvalue weighted by Crippen LogP contribution is -2.38. The Morgan fingerprint density at radius 2 is 2.06 bits per heavy atom. The van der Waals surface area contributed by atoms with Crippen LogP contribution in [0.4, 0.5) is 0 Å². The Kier molecular flexibility index (Phi) is 3.18. The van der Waals surface area contributed by atoms with Gasteiger partial charge in [-0.05, 0) is 19.9 Å². The molecule has 0 aromatic carbocycles. The molecule has 0 radical (unpaired) electrons. The zero-order valence-corrected chi connectivity index (χ0v) is 10.8. The number of nitrogens with zero attached hydrogens (tertiary/aromatic N) is 4. The normalized spacial score (nSPS) is 10.8. The van der Waals surface area contributed by atoms with E-state index in [4.69, 9.17) is 0 Å². The summed E-state index contributed by atoms with van der Waals surface area (Å²) in [5.41, 5.74) is 1.14. The molecule has 0 aliphatic rings. The number of hydrogen-bond acceptors (Lipinski definition) is 3. The van der Waals surface area contributed by atoms with Crippen molar-refractivity contribution in [1.82, 2.24) is 18.9 Å². The van der Waals surface area contributed by atoms with E-state index >= 15 is 0 Å². The molecule has 0 unspecified atom stereocenters. The Labute approximate surface area is 104 Å². The Morgan fingerprint density at radius 1 is 1.33 bits per heavy atom. The Hall–Kier alpha value is -2.11. The van der Waals surface area contributed by atoms with Crippen molar-refractivity contribution >= 4 is 0 Å². The Bertz CT molecular complexity index is 678. The van der Waals surface area contributed by atoms with E-state index in [9.17, 15) is 9.59 Å². The molecule has 6 nitrogen and oxygen atoms in total. The van der Waals surface area contributed by atoms with Gasteiger partial charge in [0.2, 0.25) is 0 Å². The van der Waals surface area contributed by atoms with Crippen molar-refractivity contribution in [3.63, 3.8) is 0 Å². The molecule has 0 fully saturated rings. The number of aromatic nitrogens is 4. The van der Waals surface area contributed by atoms with E-state index < -0.39 is 0 Å². The van der Waals surface area contributed by atoms with Crippen molar-refractivity contribution in [3.05, 3.63) is 50.6 Å². The van der Waals surface area contributed by atoms with E-state index in [0.717, 1.165) is 11.4 Å². The van der Waals surface area contributed by atoms with Crippen molar-refractivity contribution in [2.45, 2.75) is 26.9 Å². The lowest BCUT2D eigenvalue weighted by atomic mass is 10.3. The summed E-state index contributed by atoms with van der Waals surface area (Å²) >= 11 is 0. The molecular formula is C12H16N4O2. The number of hydrogen-bond donors (Lipinski definition) is 0. The van der Waals surface area contributed by atoms with Crippen LogP contribution in [0.1, 0.15) is 18.3 Å². The van der Waals surface area contributed by atoms with Gasteiger partial charge in [0.25, 0.3) is 5.56 Å². The highest BCUT2D eigenvalue weighted by Crippen LogP contribution is 2.04. The van der Waals surface area contributed by atoms with Gasteiger partial charge in [0.15, 0.2) is 0 Å². The van der Waals surface area contributed by atoms with Crippen LogP contribution in [0.25, 0.3) is 0 Å². The quantitative estimate of drug-likeness (QED) is 0.775. The average Bonchev–Trinajstić information content (AvgIpc) is 2.70. The van der Waals surface area contributed by atoms with Gasteiger partial charge in [-0.1, -0.05) is 0 Å². The van der Waals surface area contributed by atoms with Crippen LogP contribution in [0, 0.1) is 6.92 Å². The second-order valence-corrected chi connectivity index (χ2v) is 4.23. The molecule has 0 amide bonds. The first kappa shape index (κ1) is 12.3. The fourth-order valence-corrected chi connectivity index (χ4v) is 1.92. The van der Waals surface area contributed by atoms with Gasteiger partial charge in [-0.3, -0.25) is 14.0 Å². The summed E-state index contributed by atoms with van der Waals surface area (Å²) in [6, 6.07) is 3.28. The molecule has 2 rings (SSSR count). The van der Waals surface area contributed by atoms with Crippen LogP contribution >= 0.6 is 0 Å². The Morgan fingerprint density at radius 3 is 2.72 bits per heavy atom. The van der Waals surface area contributed by atoms with Crippen LogP contribution in [-0.4, -0.2) is 18.9 Å². The van der Waals surface area contributed by atoms with Gasteiger partial charge in [-0.2, -0.15) is 5.10 Å². The molecule has 6 heteroatoms. The summed E-state index contributed by atoms with van der Waals surface area (Å²) in [7, 11) is 1.63. The highest BCUT2D eigenvalue weighted by Gasteiger charge is 2.08. The monoisotopic (exact) mass is 248 g/mol. The van der Waals surface area contributed by atoms with Gasteiger partial charge < -0.3 is 4.57 Å². The summed E-state index contributed by atoms with van der Waals surface area (Å²) in [6.45, 7) is 4.83. The molecule has 0 saturated carbocycles. The van der Waals surface area contributed by atoms with Gasteiger partial charge in [0.1, 0.15) is 0 Å². The maximum Gasteiger partial charge on any atom is 0.331 e. The van der Waals surface area contributed by atoms with Gasteiger partial charge in [-0.25, -0.2) is 4.79 Å². The van der Waals surface area contributed by atoms with Crippen LogP contribution in [-0.2, 0) is 20.1 Å². The third kappa shape index (κ3) is 2.13. The standard InChI is InChI=1S/C12H16N4O2/c1-4-16-10(7-9(2)13-16)8-15-11(17)5-6-14(3)12(15)18/h5-7H,4,8H2,1-3H3. The fourth-order valence-electron chi connectivity index (χ4n) is 1.92. The Balaban J connectivity index is 2.49. The smallest absolute Gasteiger partial charge is 0.303 e. The van der Waals surface area contributed by atoms with Crippen molar-refractivity contribution in [2.75, 3.05) is 0 Å². The van der Waals surface area contributed by atoms with Gasteiger partial charge in [-0.15, -0.1) is 0 Å². The topological polar surface area (TPSA) is 61.8 Å². The maximum absolute atomic E-state index is 11.9. The molecule has 0 spiro atoms. The molecule has 0 N–H and O–H groups in total. The average molecular weight is 248 g/mol. The lowest BCUT2D eigenvalue weighted by molar-refractivity contribution is 0.567. The highest BCUT2D eigenvalue weighted by atomic mass is 16.2. The van der Waals surface area contributed by atoms with Crippen LogP contribution in [0.15, 0.2) is 27.9 Å². The molecule has 0 saturated heterocycles. The lowest BCUT2D eigenvalue weighted by Gasteiger charge is -2.07. The van der Waals surface area contributed by atoms with Crippen molar-refractivity contribution in [3.8, 4) is 0 Å². The van der Waals surface area contributed by atoms with Crippen molar-refractivity contribution in [1.29, 1.82) is 0 Å². The minimum absolute atomic E-state index is 0.251. The van der Waals surface area contributed by atoms with E-state index in [1.54, 1.807) is 11.7 Å². The SMILES string of the molecule is CCn1nc(C)cc1Cn1c(=O)ccn(C)c1=O. The zero-order valence-electron chi connectivity index (χ0n) is 10.8. The fraction of sp³-hybridized carbons (Fsp3) is 0.417. The predicted molar refractivity (Wildman–Crippen MR) is 67.7 cm³/mol. The maximum atomic E-state index is 11.9. The van der Waals surface area contributed by atoms with E-state index in [0.29, 0.717) is 6.54 Å². The third-order valence-electron chi connectivity index (χ3n) is 2.84. The summed E-state index contributed by atoms with van der Waals surface area (Å²) in [5, 5.41) is 4.30. The molecule has 2 aromatic heterocycles. The first-order valence-electron chi connectivity index (χ1n) is 5.82. The first-order valence-corrected chi connectivity index (χ1v) is 5.82. The van der Waals surface area contributed by atoms with Crippen molar-refractivity contribution in [2.24, 2.45) is 7.05 Å². The van der Waals surface area contributed by atoms with Crippen LogP contribution in [0.2, 0.25) is 0 Å². The minimum Gasteiger partial charge on any atom is -0.303 e. The summed E-state index contributed by atoms with van der Waals surface area (Å²) in [5.74, 6) is 0. The van der Waals surface area contributed by atoms with Crippen molar-refractivity contribution < 1.29 is 0 Å². The van der Waals surface area contributed by atoms with Crippen LogP contribution in [0.5, 0.6) is 0 Å². The molecule has 0 bridgehead atoms. The molecule has 0 aliphatic carbocycles. The molecular weight excluding hydrogens is 232 g/mol. The molecule has 18 heavy (non-hydrogen) atoms. The first-order chi connectivity index (χ1) is 8.52. The van der Waals surface area contributed by atoms with Crippen LogP contribution in [0.3, 0.4) is 0 Å². The van der Waals surface area contributed by atoms with Gasteiger partial charge in [0.05, 0.1) is 17.9 Å². The van der Waals surface area contributed by atoms with E-state index in [-0.39, 0.29) is 17.8 Å². The molecule has 0 aliphatic heterocycles. The second-order valence-electron chi connectivity index (χ2n) is 4.23. The summed E-state index contributed by atoms with van der Waals surface area (Å²) in [6.07, 6.45) is 1.48. The number of aryl methyl sites for hydroxylation is 3. The summed E-state index contributed by atoms with van der Waals surface area (Å²) in [4.78, 5) is 23.6. The molecule has 0 atom stereocenters. The second kappa shape index (κ2) is 4.64.